The number of carbonyl (C=O) groups is 1. The molecule has 0 amide bonds. The third kappa shape index (κ3) is 3.71. The fourth-order valence-corrected chi connectivity index (χ4v) is 9.18. The Labute approximate surface area is 195 Å². The molecule has 4 aliphatic rings. The van der Waals surface area contributed by atoms with Gasteiger partial charge in [0.25, 0.3) is 0 Å². The van der Waals surface area contributed by atoms with Gasteiger partial charge in [-0.25, -0.2) is 0 Å². The van der Waals surface area contributed by atoms with Crippen LogP contribution in [0.4, 0.5) is 0 Å². The normalized spacial score (nSPS) is 47.9. The van der Waals surface area contributed by atoms with Gasteiger partial charge in [0.15, 0.2) is 0 Å². The van der Waals surface area contributed by atoms with Crippen LogP contribution < -0.4 is 0 Å². The van der Waals surface area contributed by atoms with Crippen LogP contribution in [0.3, 0.4) is 0 Å². The fourth-order valence-electron chi connectivity index (χ4n) is 9.18. The maximum absolute atomic E-state index is 13.3. The smallest absolute Gasteiger partial charge is 0.136 e. The van der Waals surface area contributed by atoms with Gasteiger partial charge in [-0.2, -0.15) is 0 Å². The van der Waals surface area contributed by atoms with Gasteiger partial charge >= 0.3 is 0 Å². The Morgan fingerprint density at radius 2 is 1.50 bits per heavy atom. The standard InChI is InChI=1S/C28H48O4/c1-15(2)16(3)25(31)26(32)17(4)20-7-8-21-19-14-24(30)23-13-18(29)9-11-28(23,6)22(19)10-12-27(20,21)5/h15-23,25-26,29,31-32H,7-14H2,1-6H3/t16-,17+,18+,19+,20-,21+,22+,23-,25-,26-,27-,28-/m1/s1. The van der Waals surface area contributed by atoms with Gasteiger partial charge in [0.2, 0.25) is 0 Å². The summed E-state index contributed by atoms with van der Waals surface area (Å²) in [6.07, 6.45) is 6.05. The van der Waals surface area contributed by atoms with Crippen molar-refractivity contribution in [1.82, 2.24) is 0 Å². The van der Waals surface area contributed by atoms with Crippen LogP contribution in [-0.2, 0) is 4.79 Å². The van der Waals surface area contributed by atoms with Gasteiger partial charge < -0.3 is 15.3 Å². The number of ketones is 1. The van der Waals surface area contributed by atoms with E-state index in [9.17, 15) is 20.1 Å². The predicted octanol–water partition coefficient (Wildman–Crippen LogP) is 4.84. The molecule has 0 heterocycles. The first-order chi connectivity index (χ1) is 14.9. The van der Waals surface area contributed by atoms with E-state index in [1.807, 2.05) is 6.92 Å². The van der Waals surface area contributed by atoms with Crippen molar-refractivity contribution in [2.75, 3.05) is 0 Å². The number of carbonyl (C=O) groups excluding carboxylic acids is 1. The Kier molecular flexibility index (Phi) is 6.66. The van der Waals surface area contributed by atoms with E-state index in [0.717, 1.165) is 38.5 Å². The molecule has 184 valence electrons. The lowest BCUT2D eigenvalue weighted by atomic mass is 9.44. The van der Waals surface area contributed by atoms with Crippen LogP contribution in [0.5, 0.6) is 0 Å². The van der Waals surface area contributed by atoms with Crippen LogP contribution in [0, 0.1) is 58.2 Å². The van der Waals surface area contributed by atoms with Gasteiger partial charge in [-0.1, -0.05) is 41.5 Å². The summed E-state index contributed by atoms with van der Waals surface area (Å²) in [4.78, 5) is 13.3. The SMILES string of the molecule is CC(C)[C@@H](C)[C@@H](O)[C@H](O)[C@@H](C)[C@H]1CC[C@H]2[C@@H]3CC(=O)[C@H]4C[C@@H](O)CC[C@]4(C)[C@H]3CC[C@]12C. The summed E-state index contributed by atoms with van der Waals surface area (Å²) in [7, 11) is 0. The van der Waals surface area contributed by atoms with Gasteiger partial charge in [0.05, 0.1) is 18.3 Å². The molecule has 4 saturated carbocycles. The number of aliphatic hydroxyl groups is 3. The Morgan fingerprint density at radius 3 is 2.16 bits per heavy atom. The molecule has 0 saturated heterocycles. The number of rotatable bonds is 5. The van der Waals surface area contributed by atoms with Crippen LogP contribution >= 0.6 is 0 Å². The summed E-state index contributed by atoms with van der Waals surface area (Å²) in [5, 5.41) is 32.2. The fraction of sp³-hybridized carbons (Fsp3) is 0.964. The highest BCUT2D eigenvalue weighted by molar-refractivity contribution is 5.83. The maximum atomic E-state index is 13.3. The molecule has 4 aliphatic carbocycles. The maximum Gasteiger partial charge on any atom is 0.136 e. The number of hydrogen-bond donors (Lipinski definition) is 3. The summed E-state index contributed by atoms with van der Waals surface area (Å²) < 4.78 is 0. The lowest BCUT2D eigenvalue weighted by Gasteiger charge is -2.60. The van der Waals surface area contributed by atoms with Gasteiger partial charge in [-0.15, -0.1) is 0 Å². The molecule has 4 fully saturated rings. The van der Waals surface area contributed by atoms with Crippen molar-refractivity contribution < 1.29 is 20.1 Å². The minimum atomic E-state index is -0.694. The average Bonchev–Trinajstić information content (AvgIpc) is 3.10. The molecule has 3 N–H and O–H groups in total. The molecular weight excluding hydrogens is 400 g/mol. The van der Waals surface area contributed by atoms with Crippen LogP contribution in [0.15, 0.2) is 0 Å². The highest BCUT2D eigenvalue weighted by Gasteiger charge is 2.63. The third-order valence-corrected chi connectivity index (χ3v) is 11.6. The van der Waals surface area contributed by atoms with E-state index in [1.165, 1.54) is 0 Å². The average molecular weight is 449 g/mol. The lowest BCUT2D eigenvalue weighted by molar-refractivity contribution is -0.161. The largest absolute Gasteiger partial charge is 0.393 e. The number of Topliss-reactive ketones (excluding diaryl/α,β-unsaturated/α-hetero) is 1. The zero-order valence-electron chi connectivity index (χ0n) is 21.3. The quantitative estimate of drug-likeness (QED) is 0.563. The van der Waals surface area contributed by atoms with Crippen molar-refractivity contribution in [1.29, 1.82) is 0 Å². The summed E-state index contributed by atoms with van der Waals surface area (Å²) in [6.45, 7) is 13.2. The molecule has 4 nitrogen and oxygen atoms in total. The van der Waals surface area contributed by atoms with Crippen LogP contribution in [0.1, 0.15) is 92.9 Å². The zero-order chi connectivity index (χ0) is 23.6. The second-order valence-corrected chi connectivity index (χ2v) is 13.2. The van der Waals surface area contributed by atoms with Gasteiger partial charge in [-0.05, 0) is 97.2 Å². The first-order valence-electron chi connectivity index (χ1n) is 13.5. The molecule has 32 heavy (non-hydrogen) atoms. The molecule has 4 rings (SSSR count). The minimum absolute atomic E-state index is 0.0440. The molecule has 12 atom stereocenters. The first kappa shape index (κ1) is 24.7. The van der Waals surface area contributed by atoms with E-state index in [1.54, 1.807) is 0 Å². The van der Waals surface area contributed by atoms with Crippen molar-refractivity contribution in [2.24, 2.45) is 58.2 Å². The Morgan fingerprint density at radius 1 is 0.875 bits per heavy atom. The topological polar surface area (TPSA) is 77.8 Å². The molecule has 4 heteroatoms. The summed E-state index contributed by atoms with van der Waals surface area (Å²) in [5.74, 6) is 2.88. The molecule has 0 radical (unpaired) electrons. The molecule has 0 aromatic heterocycles. The number of hydrogen-bond acceptors (Lipinski definition) is 4. The molecule has 0 aromatic rings. The molecule has 0 unspecified atom stereocenters. The van der Waals surface area contributed by atoms with Gasteiger partial charge in [0, 0.05) is 12.3 Å². The summed E-state index contributed by atoms with van der Waals surface area (Å²) in [6, 6.07) is 0. The van der Waals surface area contributed by atoms with Crippen LogP contribution in [-0.4, -0.2) is 39.4 Å². The minimum Gasteiger partial charge on any atom is -0.393 e. The summed E-state index contributed by atoms with van der Waals surface area (Å²) >= 11 is 0. The van der Waals surface area contributed by atoms with Crippen molar-refractivity contribution in [3.63, 3.8) is 0 Å². The van der Waals surface area contributed by atoms with Gasteiger partial charge in [-0.3, -0.25) is 4.79 Å². The summed E-state index contributed by atoms with van der Waals surface area (Å²) in [5.41, 5.74) is 0.187. The van der Waals surface area contributed by atoms with E-state index in [0.29, 0.717) is 48.2 Å². The second-order valence-electron chi connectivity index (χ2n) is 13.2. The van der Waals surface area contributed by atoms with Crippen LogP contribution in [0.25, 0.3) is 0 Å². The number of fused-ring (bicyclic) bond motifs is 5. The van der Waals surface area contributed by atoms with Crippen molar-refractivity contribution in [2.45, 2.75) is 111 Å². The molecule has 0 bridgehead atoms. The van der Waals surface area contributed by atoms with E-state index in [-0.39, 0.29) is 34.7 Å². The number of aliphatic hydroxyl groups excluding tert-OH is 3. The highest BCUT2D eigenvalue weighted by Crippen LogP contribution is 2.67. The van der Waals surface area contributed by atoms with Crippen molar-refractivity contribution >= 4 is 5.78 Å². The van der Waals surface area contributed by atoms with Crippen molar-refractivity contribution in [3.8, 4) is 0 Å². The Bertz CT molecular complexity index is 706. The molecule has 0 aliphatic heterocycles. The Hall–Kier alpha value is -0.450. The Balaban J connectivity index is 1.54. The molecule has 0 spiro atoms. The van der Waals surface area contributed by atoms with Crippen LogP contribution in [0.2, 0.25) is 0 Å². The van der Waals surface area contributed by atoms with E-state index in [2.05, 4.69) is 34.6 Å². The zero-order valence-corrected chi connectivity index (χ0v) is 21.3. The lowest BCUT2D eigenvalue weighted by Crippen LogP contribution is -2.57. The van der Waals surface area contributed by atoms with E-state index < -0.39 is 12.2 Å². The molecule has 0 aromatic carbocycles. The molecular formula is C28H48O4. The monoisotopic (exact) mass is 448 g/mol. The van der Waals surface area contributed by atoms with E-state index in [4.69, 9.17) is 0 Å². The van der Waals surface area contributed by atoms with Crippen molar-refractivity contribution in [3.05, 3.63) is 0 Å². The van der Waals surface area contributed by atoms with Gasteiger partial charge in [0.1, 0.15) is 5.78 Å². The third-order valence-electron chi connectivity index (χ3n) is 11.6. The highest BCUT2D eigenvalue weighted by atomic mass is 16.3. The second kappa shape index (κ2) is 8.64. The van der Waals surface area contributed by atoms with E-state index >= 15 is 0 Å². The predicted molar refractivity (Wildman–Crippen MR) is 127 cm³/mol. The first-order valence-corrected chi connectivity index (χ1v) is 13.5.